The molecule has 8 heteroatoms. The molecule has 0 unspecified atom stereocenters. The average molecular weight is 512 g/mol. The lowest BCUT2D eigenvalue weighted by Gasteiger charge is -2.33. The first-order valence-electron chi connectivity index (χ1n) is 12.1. The minimum absolute atomic E-state index is 0.213. The average Bonchev–Trinajstić information content (AvgIpc) is 2.90. The summed E-state index contributed by atoms with van der Waals surface area (Å²) in [6.07, 6.45) is -1.96. The van der Waals surface area contributed by atoms with Gasteiger partial charge in [0.1, 0.15) is 5.60 Å². The first-order chi connectivity index (χ1) is 18.1. The molecule has 0 aliphatic carbocycles. The zero-order valence-corrected chi connectivity index (χ0v) is 22.0. The van der Waals surface area contributed by atoms with Gasteiger partial charge in [0.25, 0.3) is 5.91 Å². The second kappa shape index (κ2) is 10.7. The SMILES string of the molecule is COC(=O)N(c1ccccc1)N(C(=O)OC(C)(C)C)C(=O)c1c(C)c(-c2ccccc2)nc2ccccc12. The van der Waals surface area contributed by atoms with Crippen LogP contribution in [0.15, 0.2) is 84.9 Å². The van der Waals surface area contributed by atoms with E-state index in [0.717, 1.165) is 10.6 Å². The van der Waals surface area contributed by atoms with Crippen molar-refractivity contribution in [3.63, 3.8) is 0 Å². The summed E-state index contributed by atoms with van der Waals surface area (Å²) in [5, 5.41) is 2.10. The number of para-hydroxylation sites is 2. The van der Waals surface area contributed by atoms with Gasteiger partial charge in [-0.3, -0.25) is 4.79 Å². The van der Waals surface area contributed by atoms with Crippen LogP contribution in [-0.4, -0.2) is 40.8 Å². The molecule has 0 atom stereocenters. The van der Waals surface area contributed by atoms with Gasteiger partial charge < -0.3 is 9.47 Å². The molecule has 4 rings (SSSR count). The van der Waals surface area contributed by atoms with Gasteiger partial charge in [-0.15, -0.1) is 5.01 Å². The van der Waals surface area contributed by atoms with E-state index in [0.29, 0.717) is 27.2 Å². The number of hydrogen-bond acceptors (Lipinski definition) is 6. The molecule has 0 aliphatic heterocycles. The van der Waals surface area contributed by atoms with Crippen molar-refractivity contribution in [1.82, 2.24) is 9.99 Å². The van der Waals surface area contributed by atoms with Crippen LogP contribution >= 0.6 is 0 Å². The number of nitrogens with zero attached hydrogens (tertiary/aromatic N) is 3. The molecule has 3 amide bonds. The summed E-state index contributed by atoms with van der Waals surface area (Å²) in [5.74, 6) is -0.762. The number of aromatic nitrogens is 1. The smallest absolute Gasteiger partial charge is 0.437 e. The third-order valence-corrected chi connectivity index (χ3v) is 5.70. The van der Waals surface area contributed by atoms with E-state index in [1.807, 2.05) is 36.4 Å². The van der Waals surface area contributed by atoms with Crippen LogP contribution in [0.25, 0.3) is 22.2 Å². The number of carbonyl (C=O) groups excluding carboxylic acids is 3. The minimum Gasteiger partial charge on any atom is -0.451 e. The molecule has 8 nitrogen and oxygen atoms in total. The van der Waals surface area contributed by atoms with Crippen LogP contribution in [-0.2, 0) is 9.47 Å². The molecule has 1 heterocycles. The van der Waals surface area contributed by atoms with Crippen LogP contribution in [0.5, 0.6) is 0 Å². The zero-order chi connectivity index (χ0) is 27.4. The van der Waals surface area contributed by atoms with E-state index in [1.165, 1.54) is 7.11 Å². The maximum atomic E-state index is 14.5. The monoisotopic (exact) mass is 511 g/mol. The second-order valence-corrected chi connectivity index (χ2v) is 9.56. The number of rotatable bonds is 3. The molecule has 194 valence electrons. The van der Waals surface area contributed by atoms with Gasteiger partial charge in [0, 0.05) is 10.9 Å². The second-order valence-electron chi connectivity index (χ2n) is 9.56. The number of imide groups is 1. The Morgan fingerprint density at radius 1 is 0.789 bits per heavy atom. The molecule has 0 aliphatic rings. The highest BCUT2D eigenvalue weighted by atomic mass is 16.6. The molecule has 0 radical (unpaired) electrons. The Labute approximate surface area is 221 Å². The van der Waals surface area contributed by atoms with Gasteiger partial charge in [0.2, 0.25) is 0 Å². The van der Waals surface area contributed by atoms with E-state index < -0.39 is 23.7 Å². The van der Waals surface area contributed by atoms with Crippen molar-refractivity contribution in [3.05, 3.63) is 96.1 Å². The van der Waals surface area contributed by atoms with Gasteiger partial charge in [-0.1, -0.05) is 66.7 Å². The molecule has 0 saturated heterocycles. The van der Waals surface area contributed by atoms with E-state index in [-0.39, 0.29) is 11.3 Å². The van der Waals surface area contributed by atoms with E-state index >= 15 is 0 Å². The van der Waals surface area contributed by atoms with Crippen LogP contribution < -0.4 is 5.01 Å². The molecule has 0 N–H and O–H groups in total. The lowest BCUT2D eigenvalue weighted by molar-refractivity contribution is 0.0214. The zero-order valence-electron chi connectivity index (χ0n) is 22.0. The van der Waals surface area contributed by atoms with Crippen molar-refractivity contribution in [2.24, 2.45) is 0 Å². The summed E-state index contributed by atoms with van der Waals surface area (Å²) in [4.78, 5) is 46.0. The Balaban J connectivity index is 1.99. The highest BCUT2D eigenvalue weighted by Gasteiger charge is 2.39. The summed E-state index contributed by atoms with van der Waals surface area (Å²) >= 11 is 0. The number of hydrazine groups is 1. The van der Waals surface area contributed by atoms with E-state index in [1.54, 1.807) is 76.2 Å². The molecule has 0 bridgehead atoms. The number of anilines is 1. The van der Waals surface area contributed by atoms with Gasteiger partial charge >= 0.3 is 12.2 Å². The van der Waals surface area contributed by atoms with Crippen LogP contribution in [0.2, 0.25) is 0 Å². The maximum Gasteiger partial charge on any atom is 0.437 e. The summed E-state index contributed by atoms with van der Waals surface area (Å²) in [6.45, 7) is 6.81. The Morgan fingerprint density at radius 3 is 1.97 bits per heavy atom. The Kier molecular flexibility index (Phi) is 7.43. The van der Waals surface area contributed by atoms with Crippen LogP contribution in [0, 0.1) is 6.92 Å². The number of amides is 3. The van der Waals surface area contributed by atoms with Crippen molar-refractivity contribution in [3.8, 4) is 11.3 Å². The van der Waals surface area contributed by atoms with Crippen molar-refractivity contribution in [2.75, 3.05) is 12.1 Å². The summed E-state index contributed by atoms with van der Waals surface area (Å²) < 4.78 is 10.6. The highest BCUT2D eigenvalue weighted by molar-refractivity contribution is 6.15. The molecule has 0 spiro atoms. The summed E-state index contributed by atoms with van der Waals surface area (Å²) in [5.41, 5.74) is 2.02. The Hall–Kier alpha value is -4.72. The number of carbonyl (C=O) groups is 3. The lowest BCUT2D eigenvalue weighted by Crippen LogP contribution is -2.54. The molecule has 0 fully saturated rings. The van der Waals surface area contributed by atoms with E-state index in [4.69, 9.17) is 14.5 Å². The Morgan fingerprint density at radius 2 is 1.37 bits per heavy atom. The topological polar surface area (TPSA) is 89.0 Å². The van der Waals surface area contributed by atoms with Gasteiger partial charge in [-0.2, -0.15) is 5.01 Å². The highest BCUT2D eigenvalue weighted by Crippen LogP contribution is 2.32. The van der Waals surface area contributed by atoms with Gasteiger partial charge in [0.05, 0.1) is 29.6 Å². The largest absolute Gasteiger partial charge is 0.451 e. The normalized spacial score (nSPS) is 11.1. The van der Waals surface area contributed by atoms with Gasteiger partial charge in [0.15, 0.2) is 0 Å². The van der Waals surface area contributed by atoms with Crippen molar-refractivity contribution in [2.45, 2.75) is 33.3 Å². The molecule has 4 aromatic rings. The molecule has 1 aromatic heterocycles. The number of methoxy groups -OCH3 is 1. The maximum absolute atomic E-state index is 14.5. The quantitative estimate of drug-likeness (QED) is 0.282. The minimum atomic E-state index is -1.03. The number of hydrogen-bond donors (Lipinski definition) is 0. The third-order valence-electron chi connectivity index (χ3n) is 5.70. The predicted octanol–water partition coefficient (Wildman–Crippen LogP) is 6.78. The molecular formula is C30H29N3O5. The standard InChI is InChI=1S/C30H29N3O5/c1-20-25(23-18-12-13-19-24(23)31-26(20)21-14-8-6-9-15-21)27(34)33(29(36)38-30(2,3)4)32(28(35)37-5)22-16-10-7-11-17-22/h6-19H,1-5H3. The van der Waals surface area contributed by atoms with Crippen LogP contribution in [0.4, 0.5) is 15.3 Å². The van der Waals surface area contributed by atoms with E-state index in [2.05, 4.69) is 0 Å². The number of ether oxygens (including phenoxy) is 2. The molecular weight excluding hydrogens is 482 g/mol. The summed E-state index contributed by atoms with van der Waals surface area (Å²) in [6, 6.07) is 24.9. The Bertz CT molecular complexity index is 1480. The first kappa shape index (κ1) is 26.3. The fourth-order valence-corrected chi connectivity index (χ4v) is 4.08. The van der Waals surface area contributed by atoms with Gasteiger partial charge in [-0.05, 0) is 51.5 Å². The first-order valence-corrected chi connectivity index (χ1v) is 12.1. The molecule has 3 aromatic carbocycles. The fraction of sp³-hybridized carbons (Fsp3) is 0.200. The van der Waals surface area contributed by atoms with E-state index in [9.17, 15) is 14.4 Å². The molecule has 38 heavy (non-hydrogen) atoms. The molecule has 0 saturated carbocycles. The van der Waals surface area contributed by atoms with Crippen molar-refractivity contribution in [1.29, 1.82) is 0 Å². The van der Waals surface area contributed by atoms with Crippen LogP contribution in [0.1, 0.15) is 36.7 Å². The number of pyridine rings is 1. The predicted molar refractivity (Wildman–Crippen MR) is 146 cm³/mol. The van der Waals surface area contributed by atoms with Crippen molar-refractivity contribution >= 4 is 34.7 Å². The lowest BCUT2D eigenvalue weighted by atomic mass is 9.97. The number of fused-ring (bicyclic) bond motifs is 1. The van der Waals surface area contributed by atoms with Crippen molar-refractivity contribution < 1.29 is 23.9 Å². The van der Waals surface area contributed by atoms with Gasteiger partial charge in [-0.25, -0.2) is 14.6 Å². The third kappa shape index (κ3) is 5.34. The summed E-state index contributed by atoms with van der Waals surface area (Å²) in [7, 11) is 1.18. The number of benzene rings is 3. The van der Waals surface area contributed by atoms with Crippen LogP contribution in [0.3, 0.4) is 0 Å². The fourth-order valence-electron chi connectivity index (χ4n) is 4.08.